The van der Waals surface area contributed by atoms with Crippen LogP contribution < -0.4 is 0 Å². The number of nitrogens with zero attached hydrogens (tertiary/aromatic N) is 1. The van der Waals surface area contributed by atoms with Crippen molar-refractivity contribution in [3.8, 4) is 0 Å². The molecule has 0 radical (unpaired) electrons. The monoisotopic (exact) mass is 313 g/mol. The molecular weight excluding hydrogens is 290 g/mol. The Bertz CT molecular complexity index is 397. The van der Waals surface area contributed by atoms with Gasteiger partial charge in [0.2, 0.25) is 10.4 Å². The minimum atomic E-state index is -4.41. The number of quaternary nitrogens is 1. The summed E-state index contributed by atoms with van der Waals surface area (Å²) >= 11 is 0. The van der Waals surface area contributed by atoms with Crippen LogP contribution in [0.1, 0.15) is 13.3 Å². The zero-order valence-electron chi connectivity index (χ0n) is 12.5. The zero-order chi connectivity index (χ0) is 16.4. The fourth-order valence-electron chi connectivity index (χ4n) is 0.764. The van der Waals surface area contributed by atoms with Crippen LogP contribution in [-0.2, 0) is 29.2 Å². The maximum absolute atomic E-state index is 10.9. The summed E-state index contributed by atoms with van der Waals surface area (Å²) in [7, 11) is 2.69. The summed E-state index contributed by atoms with van der Waals surface area (Å²) in [6, 6.07) is 0. The lowest BCUT2D eigenvalue weighted by Crippen LogP contribution is -2.35. The molecule has 0 saturated heterocycles. The molecule has 0 aromatic carbocycles. The Kier molecular flexibility index (Phi) is 10.5. The first-order valence-electron chi connectivity index (χ1n) is 5.70. The average molecular weight is 313 g/mol. The van der Waals surface area contributed by atoms with E-state index in [9.17, 15) is 17.8 Å². The van der Waals surface area contributed by atoms with Gasteiger partial charge in [-0.05, 0) is 6.92 Å². The fraction of sp³-hybridized carbons (Fsp3) is 0.727. The smallest absolute Gasteiger partial charge is 0.368 e. The molecule has 0 aromatic rings. The van der Waals surface area contributed by atoms with Gasteiger partial charge in [-0.1, -0.05) is 6.58 Å². The molecule has 120 valence electrons. The lowest BCUT2D eigenvalue weighted by atomic mass is 10.4. The minimum absolute atomic E-state index is 0.344. The number of carbonyl (C=O) groups excluding carboxylic acids is 1. The molecule has 0 amide bonds. The van der Waals surface area contributed by atoms with Crippen LogP contribution in [0.15, 0.2) is 12.2 Å². The van der Waals surface area contributed by atoms with Gasteiger partial charge in [0.05, 0.1) is 41.4 Å². The topological polar surface area (TPSA) is 102 Å². The summed E-state index contributed by atoms with van der Waals surface area (Å²) in [4.78, 5) is 20.1. The van der Waals surface area contributed by atoms with E-state index < -0.39 is 16.4 Å². The first-order valence-corrected chi connectivity index (χ1v) is 7.03. The van der Waals surface area contributed by atoms with Crippen LogP contribution in [0.4, 0.5) is 0 Å². The van der Waals surface area contributed by atoms with E-state index in [-0.39, 0.29) is 0 Å². The standard InChI is InChI=1S/C10H20NO3.CH4O4S/c1-9(2)10(12)14-13-8-6-7-11(3,4)5;1-5-6(2,3)4/h1,6-8H2,2-5H3;1H3,(H,2,3,4)/q+1;/p-1. The second-order valence-electron chi connectivity index (χ2n) is 4.92. The van der Waals surface area contributed by atoms with E-state index in [1.807, 2.05) is 0 Å². The SMILES string of the molecule is C=C(C)C(=O)OOCCC[N+](C)(C)C.COS(=O)(=O)[O-]. The summed E-state index contributed by atoms with van der Waals surface area (Å²) in [5.41, 5.74) is 0.344. The highest BCUT2D eigenvalue weighted by molar-refractivity contribution is 7.80. The van der Waals surface area contributed by atoms with Crippen LogP contribution in [-0.4, -0.2) is 64.8 Å². The van der Waals surface area contributed by atoms with Gasteiger partial charge in [-0.15, -0.1) is 0 Å². The molecule has 0 rings (SSSR count). The second kappa shape index (κ2) is 9.83. The summed E-state index contributed by atoms with van der Waals surface area (Å²) in [5, 5.41) is 0. The van der Waals surface area contributed by atoms with E-state index in [1.54, 1.807) is 6.92 Å². The van der Waals surface area contributed by atoms with Gasteiger partial charge in [-0.3, -0.25) is 9.07 Å². The summed E-state index contributed by atoms with van der Waals surface area (Å²) in [5.74, 6) is -0.504. The van der Waals surface area contributed by atoms with Crippen molar-refractivity contribution >= 4 is 16.4 Å². The molecule has 0 spiro atoms. The van der Waals surface area contributed by atoms with Crippen LogP contribution in [0.25, 0.3) is 0 Å². The lowest BCUT2D eigenvalue weighted by molar-refractivity contribution is -0.870. The first-order chi connectivity index (χ1) is 8.89. The lowest BCUT2D eigenvalue weighted by Gasteiger charge is -2.23. The highest BCUT2D eigenvalue weighted by Crippen LogP contribution is 1.96. The Hall–Kier alpha value is -1.00. The number of rotatable bonds is 7. The van der Waals surface area contributed by atoms with Crippen molar-refractivity contribution in [2.75, 3.05) is 41.4 Å². The van der Waals surface area contributed by atoms with Gasteiger partial charge >= 0.3 is 5.97 Å². The number of carbonyl (C=O) groups is 1. The van der Waals surface area contributed by atoms with E-state index in [1.165, 1.54) is 0 Å². The molecule has 0 heterocycles. The third kappa shape index (κ3) is 19.3. The van der Waals surface area contributed by atoms with Crippen LogP contribution in [0, 0.1) is 0 Å². The minimum Gasteiger partial charge on any atom is -0.726 e. The van der Waals surface area contributed by atoms with Crippen LogP contribution >= 0.6 is 0 Å². The quantitative estimate of drug-likeness (QED) is 0.126. The third-order valence-electron chi connectivity index (χ3n) is 1.74. The van der Waals surface area contributed by atoms with E-state index in [4.69, 9.17) is 4.89 Å². The molecule has 0 bridgehead atoms. The van der Waals surface area contributed by atoms with E-state index >= 15 is 0 Å². The Balaban J connectivity index is 0. The normalized spacial score (nSPS) is 11.3. The molecular formula is C11H23NO7S. The molecule has 0 aliphatic heterocycles. The second-order valence-corrected chi connectivity index (χ2v) is 6.07. The summed E-state index contributed by atoms with van der Waals surface area (Å²) in [6.07, 6.45) is 0.854. The largest absolute Gasteiger partial charge is 0.726 e. The van der Waals surface area contributed by atoms with Crippen molar-refractivity contribution in [2.45, 2.75) is 13.3 Å². The van der Waals surface area contributed by atoms with Crippen molar-refractivity contribution in [3.05, 3.63) is 12.2 Å². The summed E-state index contributed by atoms with van der Waals surface area (Å²) in [6.45, 7) is 6.42. The zero-order valence-corrected chi connectivity index (χ0v) is 13.4. The highest BCUT2D eigenvalue weighted by Gasteiger charge is 2.07. The van der Waals surface area contributed by atoms with Crippen molar-refractivity contribution in [1.82, 2.24) is 0 Å². The van der Waals surface area contributed by atoms with E-state index in [0.29, 0.717) is 12.2 Å². The Morgan fingerprint density at radius 1 is 1.30 bits per heavy atom. The van der Waals surface area contributed by atoms with Crippen LogP contribution in [0.3, 0.4) is 0 Å². The number of hydrogen-bond acceptors (Lipinski definition) is 7. The molecule has 0 fully saturated rings. The predicted molar refractivity (Wildman–Crippen MR) is 71.1 cm³/mol. The molecule has 8 nitrogen and oxygen atoms in total. The van der Waals surface area contributed by atoms with Crippen LogP contribution in [0.2, 0.25) is 0 Å². The van der Waals surface area contributed by atoms with E-state index in [0.717, 1.165) is 24.6 Å². The predicted octanol–water partition coefficient (Wildman–Crippen LogP) is 0.227. The average Bonchev–Trinajstić information content (AvgIpc) is 2.26. The van der Waals surface area contributed by atoms with Gasteiger partial charge in [0, 0.05) is 12.0 Å². The van der Waals surface area contributed by atoms with E-state index in [2.05, 4.69) is 36.8 Å². The highest BCUT2D eigenvalue weighted by atomic mass is 32.3. The number of hydrogen-bond donors (Lipinski definition) is 0. The third-order valence-corrected chi connectivity index (χ3v) is 2.15. The Morgan fingerprint density at radius 3 is 2.05 bits per heavy atom. The molecule has 0 aromatic heterocycles. The maximum Gasteiger partial charge on any atom is 0.368 e. The van der Waals surface area contributed by atoms with Crippen molar-refractivity contribution in [3.63, 3.8) is 0 Å². The van der Waals surface area contributed by atoms with Gasteiger partial charge < -0.3 is 9.04 Å². The van der Waals surface area contributed by atoms with Crippen molar-refractivity contribution in [1.29, 1.82) is 0 Å². The molecule has 0 unspecified atom stereocenters. The van der Waals surface area contributed by atoms with Gasteiger partial charge in [-0.2, -0.15) is 4.89 Å². The molecule has 20 heavy (non-hydrogen) atoms. The fourth-order valence-corrected chi connectivity index (χ4v) is 0.764. The molecule has 0 aliphatic rings. The molecule has 0 saturated carbocycles. The Morgan fingerprint density at radius 2 is 1.75 bits per heavy atom. The Labute approximate surface area is 120 Å². The molecule has 0 aliphatic carbocycles. The molecule has 9 heteroatoms. The van der Waals surface area contributed by atoms with Gasteiger partial charge in [-0.25, -0.2) is 13.2 Å². The molecule has 0 N–H and O–H groups in total. The van der Waals surface area contributed by atoms with Gasteiger partial charge in [0.15, 0.2) is 0 Å². The maximum atomic E-state index is 10.9. The van der Waals surface area contributed by atoms with Crippen molar-refractivity contribution in [2.24, 2.45) is 0 Å². The van der Waals surface area contributed by atoms with Gasteiger partial charge in [0.1, 0.15) is 0 Å². The summed E-state index contributed by atoms with van der Waals surface area (Å²) < 4.78 is 31.9. The molecule has 0 atom stereocenters. The van der Waals surface area contributed by atoms with Crippen molar-refractivity contribution < 1.29 is 36.2 Å². The first kappa shape index (κ1) is 21.3. The van der Waals surface area contributed by atoms with Crippen LogP contribution in [0.5, 0.6) is 0 Å². The van der Waals surface area contributed by atoms with Gasteiger partial charge in [0.25, 0.3) is 0 Å².